The summed E-state index contributed by atoms with van der Waals surface area (Å²) in [6.45, 7) is 0.271. The Morgan fingerprint density at radius 3 is 2.82 bits per heavy atom. The molecule has 6 nitrogen and oxygen atoms in total. The lowest BCUT2D eigenvalue weighted by molar-refractivity contribution is 0.0948. The van der Waals surface area contributed by atoms with Crippen molar-refractivity contribution in [1.82, 2.24) is 14.9 Å². The van der Waals surface area contributed by atoms with Crippen molar-refractivity contribution in [2.75, 3.05) is 0 Å². The summed E-state index contributed by atoms with van der Waals surface area (Å²) in [4.78, 5) is 28.4. The molecule has 0 saturated heterocycles. The third kappa shape index (κ3) is 3.49. The number of fused-ring (bicyclic) bond motifs is 1. The van der Waals surface area contributed by atoms with E-state index in [2.05, 4.69) is 10.3 Å². The van der Waals surface area contributed by atoms with Gasteiger partial charge in [-0.25, -0.2) is 0 Å². The average molecular weight is 412 g/mol. The van der Waals surface area contributed by atoms with Crippen molar-refractivity contribution in [1.29, 1.82) is 0 Å². The van der Waals surface area contributed by atoms with Crippen LogP contribution in [-0.2, 0) is 6.54 Å². The molecule has 0 radical (unpaired) electrons. The molecule has 1 amide bonds. The van der Waals surface area contributed by atoms with E-state index in [1.165, 1.54) is 4.57 Å². The van der Waals surface area contributed by atoms with E-state index in [1.807, 2.05) is 0 Å². The first-order chi connectivity index (χ1) is 13.5. The summed E-state index contributed by atoms with van der Waals surface area (Å²) < 4.78 is 6.78. The van der Waals surface area contributed by atoms with Gasteiger partial charge in [0.05, 0.1) is 29.4 Å². The van der Waals surface area contributed by atoms with Crippen molar-refractivity contribution in [3.8, 4) is 5.69 Å². The largest absolute Gasteiger partial charge is 0.467 e. The highest BCUT2D eigenvalue weighted by Crippen LogP contribution is 2.17. The fraction of sp³-hybridized carbons (Fsp3) is 0.0500. The summed E-state index contributed by atoms with van der Waals surface area (Å²) in [7, 11) is 0. The molecule has 0 aliphatic rings. The van der Waals surface area contributed by atoms with Crippen molar-refractivity contribution in [3.63, 3.8) is 0 Å². The number of carbonyl (C=O) groups excluding carboxylic acids is 1. The molecule has 2 aromatic heterocycles. The van der Waals surface area contributed by atoms with Gasteiger partial charge in [0.2, 0.25) is 0 Å². The highest BCUT2D eigenvalue weighted by atomic mass is 35.5. The van der Waals surface area contributed by atoms with E-state index >= 15 is 0 Å². The summed E-state index contributed by atoms with van der Waals surface area (Å²) in [6.07, 6.45) is 1.54. The molecule has 0 atom stereocenters. The number of furan rings is 1. The molecule has 0 unspecified atom stereocenters. The maximum atomic E-state index is 12.9. The molecule has 0 aliphatic carbocycles. The zero-order valence-corrected chi connectivity index (χ0v) is 16.0. The first-order valence-electron chi connectivity index (χ1n) is 8.38. The third-order valence-electron chi connectivity index (χ3n) is 4.23. The van der Waals surface area contributed by atoms with Gasteiger partial charge < -0.3 is 14.7 Å². The molecule has 4 rings (SSSR count). The molecule has 2 N–H and O–H groups in total. The molecule has 8 heteroatoms. The summed E-state index contributed by atoms with van der Waals surface area (Å²) in [5.41, 5.74) is 1.17. The third-order valence-corrected chi connectivity index (χ3v) is 4.75. The van der Waals surface area contributed by atoms with E-state index < -0.39 is 0 Å². The van der Waals surface area contributed by atoms with Crippen LogP contribution in [0.5, 0.6) is 0 Å². The first kappa shape index (κ1) is 18.2. The lowest BCUT2D eigenvalue weighted by Crippen LogP contribution is -2.24. The normalized spacial score (nSPS) is 10.9. The van der Waals surface area contributed by atoms with E-state index in [0.717, 1.165) is 0 Å². The number of halogens is 1. The number of hydrogen-bond acceptors (Lipinski definition) is 4. The fourth-order valence-electron chi connectivity index (χ4n) is 2.89. The highest BCUT2D eigenvalue weighted by Gasteiger charge is 2.11. The monoisotopic (exact) mass is 411 g/mol. The Balaban J connectivity index is 1.71. The maximum Gasteiger partial charge on any atom is 0.266 e. The van der Waals surface area contributed by atoms with Gasteiger partial charge in [0.25, 0.3) is 11.5 Å². The Morgan fingerprint density at radius 2 is 2.04 bits per heavy atom. The van der Waals surface area contributed by atoms with Crippen molar-refractivity contribution < 1.29 is 9.21 Å². The van der Waals surface area contributed by atoms with E-state index in [0.29, 0.717) is 32.9 Å². The van der Waals surface area contributed by atoms with Crippen LogP contribution in [-0.4, -0.2) is 15.5 Å². The van der Waals surface area contributed by atoms with Crippen molar-refractivity contribution in [3.05, 3.63) is 92.3 Å². The van der Waals surface area contributed by atoms with Gasteiger partial charge in [0, 0.05) is 10.6 Å². The average Bonchev–Trinajstić information content (AvgIpc) is 3.19. The zero-order chi connectivity index (χ0) is 19.7. The quantitative estimate of drug-likeness (QED) is 0.492. The van der Waals surface area contributed by atoms with Gasteiger partial charge in [0.15, 0.2) is 4.77 Å². The highest BCUT2D eigenvalue weighted by molar-refractivity contribution is 7.71. The summed E-state index contributed by atoms with van der Waals surface area (Å²) >= 11 is 11.3. The lowest BCUT2D eigenvalue weighted by atomic mass is 10.1. The van der Waals surface area contributed by atoms with Crippen molar-refractivity contribution in [2.24, 2.45) is 0 Å². The first-order valence-corrected chi connectivity index (χ1v) is 9.17. The number of nitrogens with one attached hydrogen (secondary N) is 2. The Kier molecular flexibility index (Phi) is 4.85. The van der Waals surface area contributed by atoms with Gasteiger partial charge in [-0.2, -0.15) is 0 Å². The molecule has 2 aromatic carbocycles. The van der Waals surface area contributed by atoms with Gasteiger partial charge in [0.1, 0.15) is 5.76 Å². The molecule has 0 saturated carbocycles. The Labute approximate surface area is 169 Å². The van der Waals surface area contributed by atoms with Crippen LogP contribution in [0.15, 0.2) is 70.1 Å². The van der Waals surface area contributed by atoms with Crippen LogP contribution >= 0.6 is 23.8 Å². The molecule has 0 bridgehead atoms. The van der Waals surface area contributed by atoms with Crippen LogP contribution < -0.4 is 10.9 Å². The van der Waals surface area contributed by atoms with Gasteiger partial charge in [-0.15, -0.1) is 0 Å². The number of amides is 1. The van der Waals surface area contributed by atoms with E-state index in [1.54, 1.807) is 60.9 Å². The number of nitrogens with zero attached hydrogens (tertiary/aromatic N) is 1. The van der Waals surface area contributed by atoms with Gasteiger partial charge in [-0.05, 0) is 60.7 Å². The minimum Gasteiger partial charge on any atom is -0.467 e. The van der Waals surface area contributed by atoms with E-state index in [-0.39, 0.29) is 22.8 Å². The number of benzene rings is 2. The molecular weight excluding hydrogens is 398 g/mol. The molecule has 0 spiro atoms. The minimum absolute atomic E-state index is 0.216. The Hall–Kier alpha value is -3.16. The van der Waals surface area contributed by atoms with Gasteiger partial charge in [-0.1, -0.05) is 17.7 Å². The molecule has 28 heavy (non-hydrogen) atoms. The Bertz CT molecular complexity index is 1290. The van der Waals surface area contributed by atoms with Crippen LogP contribution in [0.3, 0.4) is 0 Å². The molecule has 2 heterocycles. The number of aromatic amines is 1. The number of rotatable bonds is 4. The number of aromatic nitrogens is 2. The predicted molar refractivity (Wildman–Crippen MR) is 110 cm³/mol. The number of carbonyl (C=O) groups is 1. The number of hydrogen-bond donors (Lipinski definition) is 2. The summed E-state index contributed by atoms with van der Waals surface area (Å²) in [6, 6.07) is 15.2. The maximum absolute atomic E-state index is 12.9. The van der Waals surface area contributed by atoms with E-state index in [4.69, 9.17) is 28.2 Å². The van der Waals surface area contributed by atoms with E-state index in [9.17, 15) is 9.59 Å². The molecule has 140 valence electrons. The zero-order valence-electron chi connectivity index (χ0n) is 14.4. The summed E-state index contributed by atoms with van der Waals surface area (Å²) in [5.74, 6) is 0.366. The van der Waals surface area contributed by atoms with Crippen LogP contribution in [0, 0.1) is 4.77 Å². The number of H-pyrrole nitrogens is 1. The fourth-order valence-corrected chi connectivity index (χ4v) is 3.36. The van der Waals surface area contributed by atoms with Crippen molar-refractivity contribution >= 4 is 40.6 Å². The van der Waals surface area contributed by atoms with Gasteiger partial charge >= 0.3 is 0 Å². The minimum atomic E-state index is -0.288. The molecule has 0 fully saturated rings. The molecule has 4 aromatic rings. The predicted octanol–water partition coefficient (Wildman–Crippen LogP) is 4.22. The van der Waals surface area contributed by atoms with Crippen LogP contribution in [0.4, 0.5) is 0 Å². The molecule has 0 aliphatic heterocycles. The van der Waals surface area contributed by atoms with Crippen LogP contribution in [0.1, 0.15) is 16.1 Å². The second-order valence-electron chi connectivity index (χ2n) is 6.07. The van der Waals surface area contributed by atoms with Gasteiger partial charge in [-0.3, -0.25) is 14.2 Å². The SMILES string of the molecule is O=C(NCc1ccco1)c1cccc(-n2c(=S)[nH]c3cc(Cl)ccc3c2=O)c1. The van der Waals surface area contributed by atoms with Crippen LogP contribution in [0.2, 0.25) is 5.02 Å². The second kappa shape index (κ2) is 7.46. The lowest BCUT2D eigenvalue weighted by Gasteiger charge is -2.10. The Morgan fingerprint density at radius 1 is 1.18 bits per heavy atom. The van der Waals surface area contributed by atoms with Crippen LogP contribution in [0.25, 0.3) is 16.6 Å². The topological polar surface area (TPSA) is 80.0 Å². The standard InChI is InChI=1S/C20H14ClN3O3S/c21-13-6-7-16-17(10-13)23-20(28)24(19(16)26)14-4-1-3-12(9-14)18(25)22-11-15-5-2-8-27-15/h1-10H,11H2,(H,22,25)(H,23,28). The smallest absolute Gasteiger partial charge is 0.266 e. The summed E-state index contributed by atoms with van der Waals surface area (Å²) in [5, 5.41) is 3.73. The second-order valence-corrected chi connectivity index (χ2v) is 6.90. The van der Waals surface area contributed by atoms with Crippen molar-refractivity contribution in [2.45, 2.75) is 6.54 Å². The molecular formula is C20H14ClN3O3S.